The summed E-state index contributed by atoms with van der Waals surface area (Å²) in [5.41, 5.74) is 1.58. The van der Waals surface area contributed by atoms with E-state index in [4.69, 9.17) is 9.47 Å². The number of methoxy groups -OCH3 is 1. The number of hydrogen-bond acceptors (Lipinski definition) is 6. The van der Waals surface area contributed by atoms with Crippen LogP contribution in [0.5, 0.6) is 0 Å². The maximum Gasteiger partial charge on any atom is 0.409 e. The number of hydrogen-bond donors (Lipinski definition) is 0. The topological polar surface area (TPSA) is 90.2 Å². The molecule has 3 aromatic rings. The van der Waals surface area contributed by atoms with E-state index in [-0.39, 0.29) is 23.6 Å². The molecule has 1 amide bonds. The van der Waals surface area contributed by atoms with Crippen molar-refractivity contribution in [2.75, 3.05) is 26.8 Å². The van der Waals surface area contributed by atoms with E-state index in [2.05, 4.69) is 4.98 Å². The molecule has 1 saturated carbocycles. The Bertz CT molecular complexity index is 1400. The highest BCUT2D eigenvalue weighted by Gasteiger charge is 2.38. The maximum atomic E-state index is 15.3. The van der Waals surface area contributed by atoms with E-state index in [1.165, 1.54) is 12.0 Å². The molecule has 2 fully saturated rings. The van der Waals surface area contributed by atoms with E-state index in [1.807, 2.05) is 13.0 Å². The highest BCUT2D eigenvalue weighted by atomic mass is 32.2. The van der Waals surface area contributed by atoms with Crippen LogP contribution in [0.15, 0.2) is 35.4 Å². The molecule has 0 N–H and O–H groups in total. The largest absolute Gasteiger partial charge is 0.453 e. The smallest absolute Gasteiger partial charge is 0.409 e. The molecule has 8 nitrogen and oxygen atoms in total. The van der Waals surface area contributed by atoms with Crippen molar-refractivity contribution in [1.29, 1.82) is 0 Å². The van der Waals surface area contributed by atoms with Gasteiger partial charge >= 0.3 is 6.09 Å². The number of sulfone groups is 1. The fraction of sp³-hybridized carbons (Fsp3) is 0.417. The summed E-state index contributed by atoms with van der Waals surface area (Å²) in [7, 11) is -2.46. The van der Waals surface area contributed by atoms with Gasteiger partial charge in [0.25, 0.3) is 0 Å². The lowest BCUT2D eigenvalue weighted by Gasteiger charge is -2.32. The van der Waals surface area contributed by atoms with Gasteiger partial charge < -0.3 is 18.8 Å². The Morgan fingerprint density at radius 1 is 1.23 bits per heavy atom. The number of amides is 1. The van der Waals surface area contributed by atoms with Crippen LogP contribution >= 0.6 is 0 Å². The molecule has 0 unspecified atom stereocenters. The standard InChI is InChI=1S/C24H25F2N3O5S/c1-14-5-6-29-20(10-15-13-28(7-8-34-15)24(30)33-2)23(27-21(29)9-14)22-18(25)11-17(12-19(22)26)35(31,32)16-3-4-16/h5-6,9,11-12,15-16H,3-4,7-8,10,13H2,1-2H3/t15-/m0/s1. The Morgan fingerprint density at radius 2 is 1.94 bits per heavy atom. The van der Waals surface area contributed by atoms with Gasteiger partial charge in [0.2, 0.25) is 0 Å². The minimum absolute atomic E-state index is 0.0692. The molecule has 0 spiro atoms. The Hall–Kier alpha value is -3.05. The molecule has 0 radical (unpaired) electrons. The van der Waals surface area contributed by atoms with Crippen molar-refractivity contribution in [2.24, 2.45) is 0 Å². The average molecular weight is 506 g/mol. The lowest BCUT2D eigenvalue weighted by molar-refractivity contribution is -0.0241. The number of imidazole rings is 1. The van der Waals surface area contributed by atoms with Crippen LogP contribution < -0.4 is 0 Å². The summed E-state index contributed by atoms with van der Waals surface area (Å²) in [4.78, 5) is 17.7. The van der Waals surface area contributed by atoms with Crippen molar-refractivity contribution >= 4 is 21.6 Å². The van der Waals surface area contributed by atoms with Crippen LogP contribution in [0.4, 0.5) is 13.6 Å². The van der Waals surface area contributed by atoms with Crippen molar-refractivity contribution in [3.63, 3.8) is 0 Å². The minimum Gasteiger partial charge on any atom is -0.453 e. The van der Waals surface area contributed by atoms with Gasteiger partial charge in [-0.3, -0.25) is 0 Å². The fourth-order valence-corrected chi connectivity index (χ4v) is 6.13. The molecule has 2 aliphatic rings. The second-order valence-electron chi connectivity index (χ2n) is 8.96. The summed E-state index contributed by atoms with van der Waals surface area (Å²) in [5.74, 6) is -1.99. The van der Waals surface area contributed by atoms with Crippen molar-refractivity contribution < 1.29 is 31.5 Å². The van der Waals surface area contributed by atoms with E-state index in [0.717, 1.165) is 17.7 Å². The number of morpholine rings is 1. The molecule has 5 rings (SSSR count). The summed E-state index contributed by atoms with van der Waals surface area (Å²) in [6.45, 7) is 2.80. The van der Waals surface area contributed by atoms with Gasteiger partial charge in [-0.1, -0.05) is 0 Å². The normalized spacial score (nSPS) is 18.7. The van der Waals surface area contributed by atoms with E-state index in [9.17, 15) is 13.2 Å². The Kier molecular flexibility index (Phi) is 6.00. The van der Waals surface area contributed by atoms with Gasteiger partial charge in [-0.2, -0.15) is 0 Å². The Labute approximate surface area is 201 Å². The van der Waals surface area contributed by atoms with E-state index in [1.54, 1.807) is 16.7 Å². The molecular weight excluding hydrogens is 480 g/mol. The first-order chi connectivity index (χ1) is 16.7. The van der Waals surface area contributed by atoms with Crippen LogP contribution in [0.2, 0.25) is 0 Å². The first kappa shape index (κ1) is 23.7. The first-order valence-electron chi connectivity index (χ1n) is 11.3. The third kappa shape index (κ3) is 4.38. The second-order valence-corrected chi connectivity index (χ2v) is 11.2. The van der Waals surface area contributed by atoms with Gasteiger partial charge in [-0.15, -0.1) is 0 Å². The number of benzene rings is 1. The first-order valence-corrected chi connectivity index (χ1v) is 12.9. The molecule has 11 heteroatoms. The zero-order valence-corrected chi connectivity index (χ0v) is 20.1. The zero-order chi connectivity index (χ0) is 24.9. The molecule has 3 heterocycles. The molecule has 1 aromatic carbocycles. The summed E-state index contributed by atoms with van der Waals surface area (Å²) in [6.07, 6.45) is 2.04. The van der Waals surface area contributed by atoms with Crippen molar-refractivity contribution in [2.45, 2.75) is 42.4 Å². The highest BCUT2D eigenvalue weighted by Crippen LogP contribution is 2.37. The van der Waals surface area contributed by atoms with Crippen LogP contribution in [0.1, 0.15) is 24.1 Å². The Morgan fingerprint density at radius 3 is 2.60 bits per heavy atom. The van der Waals surface area contributed by atoms with Gasteiger partial charge in [0, 0.05) is 19.2 Å². The molecule has 1 saturated heterocycles. The van der Waals surface area contributed by atoms with Gasteiger partial charge in [0.1, 0.15) is 17.3 Å². The van der Waals surface area contributed by atoms with Gasteiger partial charge in [0.15, 0.2) is 9.84 Å². The molecule has 35 heavy (non-hydrogen) atoms. The molecule has 186 valence electrons. The number of rotatable bonds is 5. The molecule has 2 aromatic heterocycles. The minimum atomic E-state index is -3.76. The van der Waals surface area contributed by atoms with Crippen LogP contribution in [0.3, 0.4) is 0 Å². The van der Waals surface area contributed by atoms with E-state index >= 15 is 8.78 Å². The lowest BCUT2D eigenvalue weighted by Crippen LogP contribution is -2.46. The van der Waals surface area contributed by atoms with Crippen LogP contribution in [0, 0.1) is 18.6 Å². The monoisotopic (exact) mass is 505 g/mol. The molecule has 1 aliphatic heterocycles. The van der Waals surface area contributed by atoms with Gasteiger partial charge in [-0.25, -0.2) is 27.0 Å². The molecule has 1 atom stereocenters. The third-order valence-corrected chi connectivity index (χ3v) is 8.66. The molecule has 1 aliphatic carbocycles. The maximum absolute atomic E-state index is 15.3. The number of carbonyl (C=O) groups is 1. The number of carbonyl (C=O) groups excluding carboxylic acids is 1. The van der Waals surface area contributed by atoms with Crippen LogP contribution in [-0.2, 0) is 25.7 Å². The predicted octanol–water partition coefficient (Wildman–Crippen LogP) is 3.53. The van der Waals surface area contributed by atoms with Gasteiger partial charge in [0.05, 0.1) is 53.5 Å². The molecular formula is C24H25F2N3O5S. The SMILES string of the molecule is COC(=O)N1CCO[C@@H](Cc2c(-c3c(F)cc(S(=O)(=O)C4CC4)cc3F)nc3cc(C)ccn23)C1. The van der Waals surface area contributed by atoms with Crippen LogP contribution in [-0.4, -0.2) is 67.0 Å². The molecule has 0 bridgehead atoms. The Balaban J connectivity index is 1.58. The second kappa shape index (κ2) is 8.87. The number of pyridine rings is 1. The van der Waals surface area contributed by atoms with Crippen molar-refractivity contribution in [3.05, 3.63) is 53.4 Å². The summed E-state index contributed by atoms with van der Waals surface area (Å²) in [5, 5.41) is -0.581. The average Bonchev–Trinajstić information content (AvgIpc) is 3.63. The number of halogens is 2. The number of fused-ring (bicyclic) bond motifs is 1. The van der Waals surface area contributed by atoms with Crippen molar-refractivity contribution in [1.82, 2.24) is 14.3 Å². The van der Waals surface area contributed by atoms with E-state index < -0.39 is 44.5 Å². The summed E-state index contributed by atoms with van der Waals surface area (Å²) in [6, 6.07) is 5.39. The number of aryl methyl sites for hydroxylation is 1. The van der Waals surface area contributed by atoms with Crippen LogP contribution in [0.25, 0.3) is 16.9 Å². The quantitative estimate of drug-likeness (QED) is 0.527. The number of ether oxygens (including phenoxy) is 2. The summed E-state index contributed by atoms with van der Waals surface area (Å²) < 4.78 is 68.2. The number of nitrogens with zero attached hydrogens (tertiary/aromatic N) is 3. The highest BCUT2D eigenvalue weighted by molar-refractivity contribution is 7.92. The fourth-order valence-electron chi connectivity index (χ4n) is 4.46. The van der Waals surface area contributed by atoms with Crippen molar-refractivity contribution in [3.8, 4) is 11.3 Å². The zero-order valence-electron chi connectivity index (χ0n) is 19.3. The predicted molar refractivity (Wildman–Crippen MR) is 123 cm³/mol. The number of aromatic nitrogens is 2. The third-order valence-electron chi connectivity index (χ3n) is 6.42. The lowest BCUT2D eigenvalue weighted by atomic mass is 10.0. The van der Waals surface area contributed by atoms with E-state index in [0.29, 0.717) is 37.3 Å². The van der Waals surface area contributed by atoms with Gasteiger partial charge in [-0.05, 0) is 49.6 Å². The summed E-state index contributed by atoms with van der Waals surface area (Å²) >= 11 is 0.